The summed E-state index contributed by atoms with van der Waals surface area (Å²) >= 11 is 0. The highest BCUT2D eigenvalue weighted by Crippen LogP contribution is 2.39. The molecule has 0 aliphatic rings. The molecule has 0 saturated carbocycles. The Morgan fingerprint density at radius 2 is 1.34 bits per heavy atom. The van der Waals surface area contributed by atoms with Gasteiger partial charge in [0.05, 0.1) is 5.92 Å². The molecule has 0 aromatic rings. The number of allylic oxidation sites excluding steroid dienone is 2. The van der Waals surface area contributed by atoms with Crippen molar-refractivity contribution in [3.63, 3.8) is 0 Å². The second-order valence-corrected chi connectivity index (χ2v) is 23.0. The fourth-order valence-electron chi connectivity index (χ4n) is 3.09. The molecule has 0 fully saturated rings. The van der Waals surface area contributed by atoms with Crippen molar-refractivity contribution in [3.8, 4) is 0 Å². The fraction of sp³-hybridized carbons (Fsp3) is 0.889. The van der Waals surface area contributed by atoms with Crippen LogP contribution in [0.1, 0.15) is 88.5 Å². The number of hydrogen-bond acceptors (Lipinski definition) is 3. The van der Waals surface area contributed by atoms with E-state index in [1.165, 1.54) is 0 Å². The highest BCUT2D eigenvalue weighted by Gasteiger charge is 2.42. The first kappa shape index (κ1) is 31.6. The van der Waals surface area contributed by atoms with Gasteiger partial charge in [-0.1, -0.05) is 81.4 Å². The van der Waals surface area contributed by atoms with Gasteiger partial charge in [0, 0.05) is 6.61 Å². The summed E-state index contributed by atoms with van der Waals surface area (Å²) in [6.07, 6.45) is 7.34. The van der Waals surface area contributed by atoms with Crippen LogP contribution < -0.4 is 0 Å². The molecule has 0 aromatic heterocycles. The van der Waals surface area contributed by atoms with E-state index in [2.05, 4.69) is 108 Å². The van der Waals surface area contributed by atoms with Crippen molar-refractivity contribution in [2.24, 2.45) is 23.7 Å². The van der Waals surface area contributed by atoms with Gasteiger partial charge in [0.15, 0.2) is 8.32 Å². The molecule has 190 valence electrons. The van der Waals surface area contributed by atoms with Crippen LogP contribution in [-0.4, -0.2) is 29.2 Å². The van der Waals surface area contributed by atoms with E-state index < -0.39 is 16.6 Å². The Morgan fingerprint density at radius 1 is 0.844 bits per heavy atom. The molecule has 3 nitrogen and oxygen atoms in total. The minimum absolute atomic E-state index is 0.00834. The summed E-state index contributed by atoms with van der Waals surface area (Å²) < 4.78 is 12.7. The van der Waals surface area contributed by atoms with Crippen LogP contribution in [-0.2, 0) is 13.6 Å². The van der Waals surface area contributed by atoms with Gasteiger partial charge in [-0.2, -0.15) is 0 Å². The topological polar surface area (TPSA) is 35.5 Å². The Morgan fingerprint density at radius 3 is 1.75 bits per heavy atom. The zero-order chi connectivity index (χ0) is 25.5. The lowest BCUT2D eigenvalue weighted by molar-refractivity contribution is -0.142. The van der Waals surface area contributed by atoms with E-state index >= 15 is 0 Å². The van der Waals surface area contributed by atoms with Crippen molar-refractivity contribution < 1.29 is 13.6 Å². The van der Waals surface area contributed by atoms with Crippen molar-refractivity contribution in [1.29, 1.82) is 0 Å². The molecular weight excluding hydrogens is 428 g/mol. The summed E-state index contributed by atoms with van der Waals surface area (Å²) in [7, 11) is -3.89. The van der Waals surface area contributed by atoms with Crippen LogP contribution in [0.2, 0.25) is 36.3 Å². The minimum atomic E-state index is -2.15. The summed E-state index contributed by atoms with van der Waals surface area (Å²) in [4.78, 5) is 13.5. The SMILES string of the molecule is CC(C)/C=C/[C@@H](CCCO[Si](C)(C)C(C)(C)C)[C@@H](CC(C)C)C(=O)O[Si](C)(C)C(C)(C)C. The van der Waals surface area contributed by atoms with Gasteiger partial charge in [0.25, 0.3) is 14.3 Å². The summed E-state index contributed by atoms with van der Waals surface area (Å²) in [5.74, 6) is 1.03. The Bertz CT molecular complexity index is 593. The molecule has 0 saturated heterocycles. The predicted octanol–water partition coefficient (Wildman–Crippen LogP) is 8.83. The molecule has 0 amide bonds. The molecule has 2 atom stereocenters. The van der Waals surface area contributed by atoms with E-state index in [1.54, 1.807) is 0 Å². The Balaban J connectivity index is 5.56. The summed E-state index contributed by atoms with van der Waals surface area (Å²) in [5.41, 5.74) is 0. The number of hydrogen-bond donors (Lipinski definition) is 0. The van der Waals surface area contributed by atoms with Crippen molar-refractivity contribution in [1.82, 2.24) is 0 Å². The van der Waals surface area contributed by atoms with Crippen LogP contribution in [0.3, 0.4) is 0 Å². The molecule has 0 N–H and O–H groups in total. The molecule has 5 heteroatoms. The van der Waals surface area contributed by atoms with Gasteiger partial charge in [-0.05, 0) is 73.3 Å². The van der Waals surface area contributed by atoms with Crippen LogP contribution in [0.25, 0.3) is 0 Å². The van der Waals surface area contributed by atoms with Gasteiger partial charge in [-0.3, -0.25) is 4.79 Å². The Labute approximate surface area is 203 Å². The largest absolute Gasteiger partial charge is 0.519 e. The molecule has 0 unspecified atom stereocenters. The van der Waals surface area contributed by atoms with E-state index in [0.717, 1.165) is 25.9 Å². The maximum absolute atomic E-state index is 13.5. The molecular formula is C27H56O3Si2. The first-order valence-corrected chi connectivity index (χ1v) is 18.6. The second-order valence-electron chi connectivity index (χ2n) is 13.5. The number of rotatable bonds is 12. The summed E-state index contributed by atoms with van der Waals surface area (Å²) in [5, 5.41) is 0.239. The van der Waals surface area contributed by atoms with E-state index in [4.69, 9.17) is 8.85 Å². The molecule has 0 aromatic carbocycles. The Hall–Kier alpha value is -0.396. The highest BCUT2D eigenvalue weighted by atomic mass is 28.4. The van der Waals surface area contributed by atoms with Crippen LogP contribution >= 0.6 is 0 Å². The third kappa shape index (κ3) is 10.7. The maximum Gasteiger partial charge on any atom is 0.296 e. The van der Waals surface area contributed by atoms with Crippen molar-refractivity contribution in [2.45, 2.75) is 125 Å². The zero-order valence-corrected chi connectivity index (χ0v) is 26.0. The van der Waals surface area contributed by atoms with E-state index in [-0.39, 0.29) is 27.9 Å². The van der Waals surface area contributed by atoms with E-state index in [1.807, 2.05) is 0 Å². The first-order chi connectivity index (χ1) is 14.2. The van der Waals surface area contributed by atoms with Crippen molar-refractivity contribution >= 4 is 22.6 Å². The molecule has 0 heterocycles. The van der Waals surface area contributed by atoms with Gasteiger partial charge in [0.1, 0.15) is 0 Å². The maximum atomic E-state index is 13.5. The monoisotopic (exact) mass is 484 g/mol. The van der Waals surface area contributed by atoms with Gasteiger partial charge in [-0.15, -0.1) is 0 Å². The van der Waals surface area contributed by atoms with Gasteiger partial charge < -0.3 is 8.85 Å². The van der Waals surface area contributed by atoms with E-state index in [9.17, 15) is 4.79 Å². The molecule has 0 bridgehead atoms. The normalized spacial score (nSPS) is 16.1. The lowest BCUT2D eigenvalue weighted by Crippen LogP contribution is -2.45. The van der Waals surface area contributed by atoms with Crippen LogP contribution in [0.4, 0.5) is 0 Å². The fourth-order valence-corrected chi connectivity index (χ4v) is 5.14. The number of carbonyl (C=O) groups is 1. The number of carbonyl (C=O) groups excluding carboxylic acids is 1. The van der Waals surface area contributed by atoms with Gasteiger partial charge in [0.2, 0.25) is 0 Å². The molecule has 0 rings (SSSR count). The molecule has 0 radical (unpaired) electrons. The quantitative estimate of drug-likeness (QED) is 0.158. The first-order valence-electron chi connectivity index (χ1n) is 12.8. The lowest BCUT2D eigenvalue weighted by Gasteiger charge is -2.38. The standard InChI is InChI=1S/C27H56O3Si2/c1-21(2)17-18-23(16-15-19-29-31(11,12)26(5,6)7)24(20-22(3)4)25(28)30-32(13,14)27(8,9)10/h17-18,21-24H,15-16,19-20H2,1-14H3/b18-17+/t23-,24-/m1/s1. The van der Waals surface area contributed by atoms with Crippen LogP contribution in [0.5, 0.6) is 0 Å². The van der Waals surface area contributed by atoms with Crippen molar-refractivity contribution in [2.75, 3.05) is 6.61 Å². The molecule has 32 heavy (non-hydrogen) atoms. The highest BCUT2D eigenvalue weighted by molar-refractivity contribution is 6.75. The van der Waals surface area contributed by atoms with Crippen LogP contribution in [0, 0.1) is 23.7 Å². The average Bonchev–Trinajstić information content (AvgIpc) is 2.56. The van der Waals surface area contributed by atoms with Gasteiger partial charge >= 0.3 is 0 Å². The molecule has 0 aliphatic heterocycles. The second kappa shape index (κ2) is 12.3. The zero-order valence-electron chi connectivity index (χ0n) is 24.0. The van der Waals surface area contributed by atoms with Crippen LogP contribution in [0.15, 0.2) is 12.2 Å². The molecule has 0 spiro atoms. The molecule has 0 aliphatic carbocycles. The Kier molecular flexibility index (Phi) is 12.2. The lowest BCUT2D eigenvalue weighted by atomic mass is 9.82. The smallest absolute Gasteiger partial charge is 0.296 e. The third-order valence-corrected chi connectivity index (χ3v) is 16.3. The summed E-state index contributed by atoms with van der Waals surface area (Å²) in [6.45, 7) is 31.9. The van der Waals surface area contributed by atoms with E-state index in [0.29, 0.717) is 11.8 Å². The third-order valence-electron chi connectivity index (χ3n) is 7.40. The van der Waals surface area contributed by atoms with Gasteiger partial charge in [-0.25, -0.2) is 0 Å². The van der Waals surface area contributed by atoms with Crippen molar-refractivity contribution in [3.05, 3.63) is 12.2 Å². The minimum Gasteiger partial charge on any atom is -0.519 e. The predicted molar refractivity (Wildman–Crippen MR) is 146 cm³/mol. The average molecular weight is 485 g/mol. The summed E-state index contributed by atoms with van der Waals surface area (Å²) in [6, 6.07) is 0.